The van der Waals surface area contributed by atoms with Crippen LogP contribution in [0.3, 0.4) is 0 Å². The summed E-state index contributed by atoms with van der Waals surface area (Å²) in [6, 6.07) is 3.30. The number of hydrogen-bond acceptors (Lipinski definition) is 4. The summed E-state index contributed by atoms with van der Waals surface area (Å²) in [7, 11) is 1.77. The lowest BCUT2D eigenvalue weighted by Gasteiger charge is -2.20. The van der Waals surface area contributed by atoms with E-state index in [9.17, 15) is 4.39 Å². The predicted molar refractivity (Wildman–Crippen MR) is 106 cm³/mol. The van der Waals surface area contributed by atoms with Crippen LogP contribution in [0, 0.1) is 12.7 Å². The summed E-state index contributed by atoms with van der Waals surface area (Å²) in [5, 5.41) is 6.79. The molecule has 1 unspecified atom stereocenters. The van der Waals surface area contributed by atoms with Crippen LogP contribution in [0.4, 0.5) is 10.2 Å². The molecule has 1 saturated heterocycles. The van der Waals surface area contributed by atoms with Crippen LogP contribution >= 0.6 is 0 Å². The minimum atomic E-state index is -0.270. The Morgan fingerprint density at radius 1 is 1.33 bits per heavy atom. The van der Waals surface area contributed by atoms with Crippen molar-refractivity contribution >= 4 is 11.8 Å². The lowest BCUT2D eigenvalue weighted by Crippen LogP contribution is -2.45. The highest BCUT2D eigenvalue weighted by Crippen LogP contribution is 2.20. The van der Waals surface area contributed by atoms with Crippen LogP contribution < -0.4 is 15.5 Å². The zero-order valence-electron chi connectivity index (χ0n) is 16.0. The molecule has 3 heterocycles. The second-order valence-electron chi connectivity index (χ2n) is 6.76. The molecular weight excluding hydrogens is 345 g/mol. The van der Waals surface area contributed by atoms with Gasteiger partial charge in [-0.1, -0.05) is 0 Å². The van der Waals surface area contributed by atoms with Gasteiger partial charge >= 0.3 is 0 Å². The van der Waals surface area contributed by atoms with Crippen molar-refractivity contribution in [2.75, 3.05) is 31.6 Å². The van der Waals surface area contributed by atoms with Gasteiger partial charge in [0.25, 0.3) is 0 Å². The number of aliphatic imine (C=N–C) groups is 1. The van der Waals surface area contributed by atoms with Crippen molar-refractivity contribution in [1.29, 1.82) is 0 Å². The normalized spacial score (nSPS) is 17.4. The van der Waals surface area contributed by atoms with Gasteiger partial charge in [0.15, 0.2) is 17.6 Å². The molecule has 2 aromatic rings. The van der Waals surface area contributed by atoms with Crippen LogP contribution in [0.1, 0.15) is 25.1 Å². The number of anilines is 1. The number of rotatable bonds is 7. The molecule has 0 saturated carbocycles. The van der Waals surface area contributed by atoms with Gasteiger partial charge < -0.3 is 20.1 Å². The van der Waals surface area contributed by atoms with Crippen LogP contribution in [0.15, 0.2) is 35.7 Å². The number of nitrogens with one attached hydrogen (secondary N) is 2. The molecule has 0 bridgehead atoms. The molecule has 1 aliphatic rings. The summed E-state index contributed by atoms with van der Waals surface area (Å²) in [6.45, 7) is 5.36. The number of aromatic nitrogens is 3. The zero-order chi connectivity index (χ0) is 19.1. The van der Waals surface area contributed by atoms with E-state index >= 15 is 0 Å². The van der Waals surface area contributed by atoms with Gasteiger partial charge in [-0.2, -0.15) is 0 Å². The third-order valence-electron chi connectivity index (χ3n) is 4.83. The van der Waals surface area contributed by atoms with Crippen LogP contribution in [-0.4, -0.2) is 53.2 Å². The third-order valence-corrected chi connectivity index (χ3v) is 4.83. The summed E-state index contributed by atoms with van der Waals surface area (Å²) in [5.41, 5.74) is 0. The molecule has 146 valence electrons. The fraction of sp³-hybridized carbons (Fsp3) is 0.526. The molecule has 1 aliphatic heterocycles. The first-order valence-corrected chi connectivity index (χ1v) is 9.47. The Hall–Kier alpha value is -2.64. The van der Waals surface area contributed by atoms with E-state index in [0.29, 0.717) is 12.4 Å². The largest absolute Gasteiger partial charge is 0.356 e. The second kappa shape index (κ2) is 9.34. The van der Waals surface area contributed by atoms with Gasteiger partial charge in [-0.3, -0.25) is 4.99 Å². The molecule has 0 aliphatic carbocycles. The van der Waals surface area contributed by atoms with Gasteiger partial charge in [-0.15, -0.1) is 0 Å². The summed E-state index contributed by atoms with van der Waals surface area (Å²) in [5.74, 6) is 2.01. The van der Waals surface area contributed by atoms with E-state index in [0.717, 1.165) is 50.7 Å². The van der Waals surface area contributed by atoms with Crippen molar-refractivity contribution < 1.29 is 4.39 Å². The third kappa shape index (κ3) is 5.18. The summed E-state index contributed by atoms with van der Waals surface area (Å²) < 4.78 is 16.1. The van der Waals surface area contributed by atoms with Crippen LogP contribution in [0.2, 0.25) is 0 Å². The van der Waals surface area contributed by atoms with Crippen LogP contribution in [-0.2, 0) is 6.54 Å². The standard InChI is InChI=1S/C19H28FN7/c1-15-22-10-13-26(15)11-4-3-8-24-19(21-2)25-16-7-12-27(14-16)18-17(20)6-5-9-23-18/h5-6,9-10,13,16H,3-4,7-8,11-12,14H2,1-2H3,(H2,21,24,25). The summed E-state index contributed by atoms with van der Waals surface area (Å²) in [6.07, 6.45) is 8.54. The lowest BCUT2D eigenvalue weighted by atomic mass is 10.2. The van der Waals surface area contributed by atoms with E-state index in [-0.39, 0.29) is 11.9 Å². The smallest absolute Gasteiger partial charge is 0.191 e. The highest BCUT2D eigenvalue weighted by molar-refractivity contribution is 5.80. The number of imidazole rings is 1. The van der Waals surface area contributed by atoms with Crippen LogP contribution in [0.25, 0.3) is 0 Å². The van der Waals surface area contributed by atoms with Gasteiger partial charge in [0.05, 0.1) is 0 Å². The van der Waals surface area contributed by atoms with Crippen molar-refractivity contribution in [1.82, 2.24) is 25.2 Å². The Kier molecular flexibility index (Phi) is 6.62. The Morgan fingerprint density at radius 3 is 2.96 bits per heavy atom. The number of aryl methyl sites for hydroxylation is 2. The molecule has 1 atom stereocenters. The van der Waals surface area contributed by atoms with E-state index in [4.69, 9.17) is 0 Å². The van der Waals surface area contributed by atoms with E-state index in [1.807, 2.05) is 24.2 Å². The Bertz CT molecular complexity index is 758. The molecule has 0 aromatic carbocycles. The quantitative estimate of drug-likeness (QED) is 0.441. The zero-order valence-corrected chi connectivity index (χ0v) is 16.0. The molecule has 27 heavy (non-hydrogen) atoms. The number of halogens is 1. The molecule has 2 aromatic heterocycles. The average molecular weight is 373 g/mol. The highest BCUT2D eigenvalue weighted by Gasteiger charge is 2.25. The minimum absolute atomic E-state index is 0.228. The monoisotopic (exact) mass is 373 g/mol. The van der Waals surface area contributed by atoms with E-state index in [2.05, 4.69) is 30.2 Å². The lowest BCUT2D eigenvalue weighted by molar-refractivity contribution is 0.582. The highest BCUT2D eigenvalue weighted by atomic mass is 19.1. The molecule has 0 amide bonds. The van der Waals surface area contributed by atoms with E-state index < -0.39 is 0 Å². The first-order chi connectivity index (χ1) is 13.2. The van der Waals surface area contributed by atoms with Crippen molar-refractivity contribution in [2.24, 2.45) is 4.99 Å². The fourth-order valence-electron chi connectivity index (χ4n) is 3.32. The van der Waals surface area contributed by atoms with Gasteiger partial charge in [-0.05, 0) is 38.3 Å². The van der Waals surface area contributed by atoms with Crippen molar-refractivity contribution in [3.8, 4) is 0 Å². The summed E-state index contributed by atoms with van der Waals surface area (Å²) in [4.78, 5) is 14.7. The maximum absolute atomic E-state index is 13.9. The van der Waals surface area contributed by atoms with E-state index in [1.165, 1.54) is 6.07 Å². The predicted octanol–water partition coefficient (Wildman–Crippen LogP) is 1.95. The van der Waals surface area contributed by atoms with Crippen molar-refractivity contribution in [3.05, 3.63) is 42.4 Å². The maximum Gasteiger partial charge on any atom is 0.191 e. The minimum Gasteiger partial charge on any atom is -0.356 e. The van der Waals surface area contributed by atoms with Gasteiger partial charge in [0.1, 0.15) is 5.82 Å². The van der Waals surface area contributed by atoms with Gasteiger partial charge in [0.2, 0.25) is 0 Å². The maximum atomic E-state index is 13.9. The molecule has 8 heteroatoms. The Morgan fingerprint density at radius 2 is 2.22 bits per heavy atom. The molecule has 7 nitrogen and oxygen atoms in total. The van der Waals surface area contributed by atoms with Crippen molar-refractivity contribution in [3.63, 3.8) is 0 Å². The number of hydrogen-bond donors (Lipinski definition) is 2. The van der Waals surface area contributed by atoms with Crippen LogP contribution in [0.5, 0.6) is 0 Å². The topological polar surface area (TPSA) is 70.4 Å². The number of unbranched alkanes of at least 4 members (excludes halogenated alkanes) is 1. The first-order valence-electron chi connectivity index (χ1n) is 9.47. The van der Waals surface area contributed by atoms with Gasteiger partial charge in [0, 0.05) is 57.9 Å². The number of guanidine groups is 1. The Balaban J connectivity index is 1.38. The molecule has 3 rings (SSSR count). The molecule has 1 fully saturated rings. The first kappa shape index (κ1) is 19.1. The summed E-state index contributed by atoms with van der Waals surface area (Å²) >= 11 is 0. The number of pyridine rings is 1. The second-order valence-corrected chi connectivity index (χ2v) is 6.76. The average Bonchev–Trinajstić information content (AvgIpc) is 3.30. The molecular formula is C19H28FN7. The number of nitrogens with zero attached hydrogens (tertiary/aromatic N) is 5. The molecule has 2 N–H and O–H groups in total. The SMILES string of the molecule is CN=C(NCCCCn1ccnc1C)NC1CCN(c2ncccc2F)C1. The van der Waals surface area contributed by atoms with E-state index in [1.54, 1.807) is 19.3 Å². The molecule has 0 spiro atoms. The van der Waals surface area contributed by atoms with Gasteiger partial charge in [-0.25, -0.2) is 14.4 Å². The Labute approximate surface area is 159 Å². The van der Waals surface area contributed by atoms with Crippen molar-refractivity contribution in [2.45, 2.75) is 38.8 Å². The fourth-order valence-corrected chi connectivity index (χ4v) is 3.32. The molecule has 0 radical (unpaired) electrons.